The van der Waals surface area contributed by atoms with E-state index in [-0.39, 0.29) is 29.3 Å². The second-order valence-corrected chi connectivity index (χ2v) is 10.9. The Labute approximate surface area is 231 Å². The van der Waals surface area contributed by atoms with Gasteiger partial charge in [-0.15, -0.1) is 11.3 Å². The van der Waals surface area contributed by atoms with Crippen LogP contribution in [0.15, 0.2) is 48.8 Å². The number of hydrogen-bond donors (Lipinski definition) is 3. The highest BCUT2D eigenvalue weighted by molar-refractivity contribution is 7.20. The van der Waals surface area contributed by atoms with Gasteiger partial charge >= 0.3 is 0 Å². The van der Waals surface area contributed by atoms with Gasteiger partial charge in [-0.05, 0) is 74.6 Å². The Hall–Kier alpha value is -4.45. The molecule has 204 valence electrons. The first-order chi connectivity index (χ1) is 19.2. The monoisotopic (exact) mass is 563 g/mol. The van der Waals surface area contributed by atoms with Crippen LogP contribution in [-0.2, 0) is 9.59 Å². The summed E-state index contributed by atoms with van der Waals surface area (Å²) in [4.78, 5) is 47.8. The van der Waals surface area contributed by atoms with Gasteiger partial charge in [0.2, 0.25) is 17.7 Å². The number of aryl methyl sites for hydroxylation is 1. The third kappa shape index (κ3) is 4.97. The minimum Gasteiger partial charge on any atom is -0.435 e. The number of benzene rings is 2. The largest absolute Gasteiger partial charge is 0.435 e. The van der Waals surface area contributed by atoms with E-state index in [1.54, 1.807) is 6.92 Å². The van der Waals surface area contributed by atoms with Crippen molar-refractivity contribution in [2.24, 2.45) is 5.41 Å². The SMILES string of the molecule is Cc1c(C(=O)NC2CC2)sc2ncnc(Oc3ccc(NC(=O)C4(C(=O)Nc5ccc(F)cc5)CC4)cc3F)c12. The van der Waals surface area contributed by atoms with Gasteiger partial charge in [-0.25, -0.2) is 18.7 Å². The molecule has 4 aromatic rings. The summed E-state index contributed by atoms with van der Waals surface area (Å²) < 4.78 is 34.0. The van der Waals surface area contributed by atoms with Crippen molar-refractivity contribution < 1.29 is 27.9 Å². The molecule has 2 aromatic heterocycles. The first kappa shape index (κ1) is 25.8. The van der Waals surface area contributed by atoms with Crippen LogP contribution >= 0.6 is 11.3 Å². The van der Waals surface area contributed by atoms with E-state index in [4.69, 9.17) is 4.74 Å². The van der Waals surface area contributed by atoms with Crippen molar-refractivity contribution in [2.45, 2.75) is 38.6 Å². The molecule has 9 nitrogen and oxygen atoms in total. The average Bonchev–Trinajstić information content (AvgIpc) is 3.86. The smallest absolute Gasteiger partial charge is 0.261 e. The van der Waals surface area contributed by atoms with Crippen LogP contribution in [0.5, 0.6) is 11.6 Å². The zero-order chi connectivity index (χ0) is 28.0. The van der Waals surface area contributed by atoms with E-state index in [1.165, 1.54) is 54.1 Å². The van der Waals surface area contributed by atoms with Gasteiger partial charge in [-0.2, -0.15) is 0 Å². The Morgan fingerprint density at radius 2 is 1.65 bits per heavy atom. The number of halogens is 2. The number of ether oxygens (including phenoxy) is 1. The minimum absolute atomic E-state index is 0.106. The highest BCUT2D eigenvalue weighted by atomic mass is 32.1. The van der Waals surface area contributed by atoms with Gasteiger partial charge < -0.3 is 20.7 Å². The molecule has 2 heterocycles. The Morgan fingerprint density at radius 1 is 0.975 bits per heavy atom. The van der Waals surface area contributed by atoms with Crippen LogP contribution < -0.4 is 20.7 Å². The fourth-order valence-electron chi connectivity index (χ4n) is 4.29. The van der Waals surface area contributed by atoms with Gasteiger partial charge in [-0.1, -0.05) is 0 Å². The molecular formula is C28H23F2N5O4S. The van der Waals surface area contributed by atoms with Crippen molar-refractivity contribution in [1.29, 1.82) is 0 Å². The fourth-order valence-corrected chi connectivity index (χ4v) is 5.34. The number of hydrogen-bond acceptors (Lipinski definition) is 7. The normalized spacial score (nSPS) is 15.4. The van der Waals surface area contributed by atoms with Gasteiger partial charge in [0.15, 0.2) is 11.6 Å². The van der Waals surface area contributed by atoms with Gasteiger partial charge in [-0.3, -0.25) is 14.4 Å². The standard InChI is InChI=1S/C28H23F2N5O4S/c1-14-21-24(31-13-32-25(21)40-22(14)23(36)33-16-6-7-16)39-20-9-8-18(12-19(20)30)35-27(38)28(10-11-28)26(37)34-17-4-2-15(29)3-5-17/h2-5,8-9,12-13,16H,6-7,10-11H2,1H3,(H,33,36)(H,34,37)(H,35,38). The molecule has 0 radical (unpaired) electrons. The average molecular weight is 564 g/mol. The van der Waals surface area contributed by atoms with Gasteiger partial charge in [0.1, 0.15) is 22.4 Å². The summed E-state index contributed by atoms with van der Waals surface area (Å²) in [5.74, 6) is -2.49. The Balaban J connectivity index is 1.16. The number of amides is 3. The number of rotatable bonds is 8. The molecule has 0 atom stereocenters. The zero-order valence-electron chi connectivity index (χ0n) is 21.2. The summed E-state index contributed by atoms with van der Waals surface area (Å²) in [7, 11) is 0. The maximum Gasteiger partial charge on any atom is 0.261 e. The van der Waals surface area contributed by atoms with E-state index in [2.05, 4.69) is 25.9 Å². The summed E-state index contributed by atoms with van der Waals surface area (Å²) in [5.41, 5.74) is -0.124. The van der Waals surface area contributed by atoms with Crippen LogP contribution in [0.25, 0.3) is 10.2 Å². The fraction of sp³-hybridized carbons (Fsp3) is 0.250. The summed E-state index contributed by atoms with van der Waals surface area (Å²) in [6.45, 7) is 1.77. The lowest BCUT2D eigenvalue weighted by Gasteiger charge is -2.16. The maximum atomic E-state index is 15.1. The quantitative estimate of drug-likeness (QED) is 0.250. The Kier molecular flexibility index (Phi) is 6.41. The first-order valence-corrected chi connectivity index (χ1v) is 13.5. The van der Waals surface area contributed by atoms with Crippen molar-refractivity contribution in [1.82, 2.24) is 15.3 Å². The van der Waals surface area contributed by atoms with E-state index in [9.17, 15) is 18.8 Å². The number of carbonyl (C=O) groups is 3. The van der Waals surface area contributed by atoms with E-state index in [0.29, 0.717) is 39.2 Å². The molecule has 40 heavy (non-hydrogen) atoms. The third-order valence-electron chi connectivity index (χ3n) is 6.93. The summed E-state index contributed by atoms with van der Waals surface area (Å²) in [5, 5.41) is 8.71. The molecule has 3 amide bonds. The Morgan fingerprint density at radius 3 is 2.30 bits per heavy atom. The predicted molar refractivity (Wildman–Crippen MR) is 144 cm³/mol. The number of aromatic nitrogens is 2. The maximum absolute atomic E-state index is 15.1. The molecule has 0 spiro atoms. The molecule has 0 bridgehead atoms. The topological polar surface area (TPSA) is 122 Å². The van der Waals surface area contributed by atoms with Crippen molar-refractivity contribution in [2.75, 3.05) is 10.6 Å². The number of carbonyl (C=O) groups excluding carboxylic acids is 3. The van der Waals surface area contributed by atoms with Crippen molar-refractivity contribution in [3.63, 3.8) is 0 Å². The molecule has 2 aliphatic carbocycles. The lowest BCUT2D eigenvalue weighted by molar-refractivity contribution is -0.131. The molecule has 2 fully saturated rings. The highest BCUT2D eigenvalue weighted by Gasteiger charge is 2.56. The predicted octanol–water partition coefficient (Wildman–Crippen LogP) is 5.32. The van der Waals surface area contributed by atoms with Crippen molar-refractivity contribution >= 4 is 50.6 Å². The van der Waals surface area contributed by atoms with E-state index in [1.807, 2.05) is 0 Å². The second kappa shape index (κ2) is 9.94. The number of thiophene rings is 1. The lowest BCUT2D eigenvalue weighted by atomic mass is 10.0. The zero-order valence-corrected chi connectivity index (χ0v) is 22.0. The van der Waals surface area contributed by atoms with Gasteiger partial charge in [0, 0.05) is 23.5 Å². The molecule has 3 N–H and O–H groups in total. The van der Waals surface area contributed by atoms with Crippen molar-refractivity contribution in [3.05, 3.63) is 70.9 Å². The molecule has 2 aromatic carbocycles. The molecule has 0 unspecified atom stereocenters. The van der Waals surface area contributed by atoms with Gasteiger partial charge in [0.05, 0.1) is 10.3 Å². The molecule has 0 aliphatic heterocycles. The molecule has 2 saturated carbocycles. The van der Waals surface area contributed by atoms with Crippen LogP contribution in [-0.4, -0.2) is 33.7 Å². The first-order valence-electron chi connectivity index (χ1n) is 12.6. The summed E-state index contributed by atoms with van der Waals surface area (Å²) >= 11 is 1.22. The van der Waals surface area contributed by atoms with E-state index in [0.717, 1.165) is 18.9 Å². The lowest BCUT2D eigenvalue weighted by Crippen LogP contribution is -2.35. The molecule has 0 saturated heterocycles. The Bertz CT molecular complexity index is 1670. The van der Waals surface area contributed by atoms with Crippen LogP contribution in [0.2, 0.25) is 0 Å². The van der Waals surface area contributed by atoms with Crippen LogP contribution in [0.1, 0.15) is 40.9 Å². The van der Waals surface area contributed by atoms with Crippen LogP contribution in [0, 0.1) is 24.0 Å². The molecule has 12 heteroatoms. The highest BCUT2D eigenvalue weighted by Crippen LogP contribution is 2.47. The minimum atomic E-state index is -1.29. The molecule has 6 rings (SSSR count). The van der Waals surface area contributed by atoms with E-state index < -0.39 is 28.9 Å². The van der Waals surface area contributed by atoms with Crippen LogP contribution in [0.4, 0.5) is 20.2 Å². The molecule has 2 aliphatic rings. The van der Waals surface area contributed by atoms with E-state index >= 15 is 4.39 Å². The summed E-state index contributed by atoms with van der Waals surface area (Å²) in [6, 6.07) is 9.32. The molecular weight excluding hydrogens is 540 g/mol. The van der Waals surface area contributed by atoms with Crippen molar-refractivity contribution in [3.8, 4) is 11.6 Å². The number of fused-ring (bicyclic) bond motifs is 1. The van der Waals surface area contributed by atoms with Crippen LogP contribution in [0.3, 0.4) is 0 Å². The van der Waals surface area contributed by atoms with Gasteiger partial charge in [0.25, 0.3) is 5.91 Å². The number of anilines is 2. The summed E-state index contributed by atoms with van der Waals surface area (Å²) in [6.07, 6.45) is 3.88. The third-order valence-corrected chi connectivity index (χ3v) is 8.13. The second-order valence-electron chi connectivity index (χ2n) is 9.91. The number of nitrogens with one attached hydrogen (secondary N) is 3. The number of nitrogens with zero attached hydrogens (tertiary/aromatic N) is 2.